The van der Waals surface area contributed by atoms with Crippen molar-refractivity contribution >= 4 is 39.1 Å². The molecule has 19 heavy (non-hydrogen) atoms. The molecule has 4 nitrogen and oxygen atoms in total. The monoisotopic (exact) mass is 345 g/mol. The van der Waals surface area contributed by atoms with E-state index in [9.17, 15) is 4.79 Å². The maximum absolute atomic E-state index is 12.0. The molecule has 0 aromatic carbocycles. The molecule has 2 rings (SSSR count). The van der Waals surface area contributed by atoms with E-state index in [2.05, 4.69) is 26.2 Å². The second-order valence-electron chi connectivity index (χ2n) is 5.14. The van der Waals surface area contributed by atoms with Gasteiger partial charge in [0, 0.05) is 12.0 Å². The minimum atomic E-state index is -0.348. The lowest BCUT2D eigenvalue weighted by Gasteiger charge is -2.32. The van der Waals surface area contributed by atoms with Gasteiger partial charge in [-0.05, 0) is 34.8 Å². The number of amides is 1. The summed E-state index contributed by atoms with van der Waals surface area (Å²) in [4.78, 5) is 16.0. The van der Waals surface area contributed by atoms with Crippen LogP contribution in [0.3, 0.4) is 0 Å². The van der Waals surface area contributed by atoms with Crippen LogP contribution in [0.15, 0.2) is 16.7 Å². The van der Waals surface area contributed by atoms with Crippen molar-refractivity contribution in [1.29, 1.82) is 0 Å². The lowest BCUT2D eigenvalue weighted by molar-refractivity contribution is -0.117. The fourth-order valence-electron chi connectivity index (χ4n) is 2.45. The van der Waals surface area contributed by atoms with Crippen LogP contribution in [-0.4, -0.2) is 16.4 Å². The molecule has 0 spiro atoms. The molecule has 1 aromatic heterocycles. The number of hydrogen-bond donors (Lipinski definition) is 2. The predicted octanol–water partition coefficient (Wildman–Crippen LogP) is 3.49. The Kier molecular flexibility index (Phi) is 4.81. The Morgan fingerprint density at radius 1 is 1.47 bits per heavy atom. The van der Waals surface area contributed by atoms with Crippen LogP contribution >= 0.6 is 27.5 Å². The number of halogens is 2. The van der Waals surface area contributed by atoms with Crippen molar-refractivity contribution < 1.29 is 4.79 Å². The maximum atomic E-state index is 12.0. The van der Waals surface area contributed by atoms with E-state index in [4.69, 9.17) is 17.3 Å². The first-order chi connectivity index (χ1) is 8.98. The molecule has 1 amide bonds. The molecular weight excluding hydrogens is 330 g/mol. The second kappa shape index (κ2) is 6.20. The standard InChI is InChI=1S/C13H17BrClN3O/c14-10-6-9(8-17-12(10)15)18-11(19)7-13(16)4-2-1-3-5-13/h6,8H,1-5,7,16H2,(H,18,19). The molecule has 3 N–H and O–H groups in total. The zero-order valence-corrected chi connectivity index (χ0v) is 12.9. The Morgan fingerprint density at radius 2 is 2.16 bits per heavy atom. The Bertz CT molecular complexity index is 475. The Morgan fingerprint density at radius 3 is 2.79 bits per heavy atom. The zero-order valence-electron chi connectivity index (χ0n) is 10.6. The van der Waals surface area contributed by atoms with Gasteiger partial charge < -0.3 is 11.1 Å². The highest BCUT2D eigenvalue weighted by Gasteiger charge is 2.29. The lowest BCUT2D eigenvalue weighted by Crippen LogP contribution is -2.44. The molecule has 0 unspecified atom stereocenters. The van der Waals surface area contributed by atoms with Gasteiger partial charge in [0.2, 0.25) is 5.91 Å². The minimum Gasteiger partial charge on any atom is -0.325 e. The predicted molar refractivity (Wildman–Crippen MR) is 80.2 cm³/mol. The summed E-state index contributed by atoms with van der Waals surface area (Å²) < 4.78 is 0.659. The van der Waals surface area contributed by atoms with Crippen LogP contribution in [0.4, 0.5) is 5.69 Å². The Hall–Kier alpha value is -0.650. The summed E-state index contributed by atoms with van der Waals surface area (Å²) in [5.41, 5.74) is 6.54. The average molecular weight is 347 g/mol. The molecule has 1 saturated carbocycles. The minimum absolute atomic E-state index is 0.0691. The number of rotatable bonds is 3. The van der Waals surface area contributed by atoms with Crippen molar-refractivity contribution in [2.45, 2.75) is 44.1 Å². The first-order valence-electron chi connectivity index (χ1n) is 6.38. The van der Waals surface area contributed by atoms with Gasteiger partial charge in [0.15, 0.2) is 0 Å². The first-order valence-corrected chi connectivity index (χ1v) is 7.55. The van der Waals surface area contributed by atoms with E-state index in [0.717, 1.165) is 25.7 Å². The van der Waals surface area contributed by atoms with Crippen molar-refractivity contribution in [1.82, 2.24) is 4.98 Å². The molecule has 0 radical (unpaired) electrons. The highest BCUT2D eigenvalue weighted by molar-refractivity contribution is 9.10. The van der Waals surface area contributed by atoms with Gasteiger partial charge in [0.1, 0.15) is 5.15 Å². The topological polar surface area (TPSA) is 68.0 Å². The number of aromatic nitrogens is 1. The summed E-state index contributed by atoms with van der Waals surface area (Å²) in [6.45, 7) is 0. The van der Waals surface area contributed by atoms with E-state index < -0.39 is 0 Å². The van der Waals surface area contributed by atoms with Gasteiger partial charge in [0.05, 0.1) is 16.4 Å². The van der Waals surface area contributed by atoms with Gasteiger partial charge >= 0.3 is 0 Å². The number of anilines is 1. The molecule has 6 heteroatoms. The quantitative estimate of drug-likeness (QED) is 0.823. The fourth-order valence-corrected chi connectivity index (χ4v) is 2.90. The highest BCUT2D eigenvalue weighted by atomic mass is 79.9. The SMILES string of the molecule is NC1(CC(=O)Nc2cnc(Cl)c(Br)c2)CCCCC1. The number of pyridine rings is 1. The van der Waals surface area contributed by atoms with Gasteiger partial charge in [0.25, 0.3) is 0 Å². The van der Waals surface area contributed by atoms with Gasteiger partial charge in [-0.25, -0.2) is 4.98 Å². The molecular formula is C13H17BrClN3O. The van der Waals surface area contributed by atoms with E-state index in [1.165, 1.54) is 12.6 Å². The van der Waals surface area contributed by atoms with Crippen molar-refractivity contribution in [3.8, 4) is 0 Å². The molecule has 1 aliphatic rings. The van der Waals surface area contributed by atoms with Crippen LogP contribution in [0.1, 0.15) is 38.5 Å². The summed E-state index contributed by atoms with van der Waals surface area (Å²) in [6.07, 6.45) is 7.17. The normalized spacial score (nSPS) is 18.1. The molecule has 1 heterocycles. The molecule has 0 atom stereocenters. The maximum Gasteiger partial charge on any atom is 0.226 e. The van der Waals surface area contributed by atoms with E-state index in [1.807, 2.05) is 0 Å². The van der Waals surface area contributed by atoms with Gasteiger partial charge in [-0.15, -0.1) is 0 Å². The van der Waals surface area contributed by atoms with Crippen LogP contribution in [-0.2, 0) is 4.79 Å². The number of nitrogens with two attached hydrogens (primary N) is 1. The number of carbonyl (C=O) groups excluding carboxylic acids is 1. The Labute approximate surface area is 126 Å². The number of carbonyl (C=O) groups is 1. The van der Waals surface area contributed by atoms with Crippen LogP contribution < -0.4 is 11.1 Å². The average Bonchev–Trinajstić information content (AvgIpc) is 2.34. The fraction of sp³-hybridized carbons (Fsp3) is 0.538. The molecule has 0 saturated heterocycles. The van der Waals surface area contributed by atoms with E-state index >= 15 is 0 Å². The second-order valence-corrected chi connectivity index (χ2v) is 6.36. The summed E-state index contributed by atoms with van der Waals surface area (Å²) >= 11 is 9.08. The van der Waals surface area contributed by atoms with Crippen molar-refractivity contribution in [3.63, 3.8) is 0 Å². The largest absolute Gasteiger partial charge is 0.325 e. The molecule has 0 aliphatic heterocycles. The molecule has 1 aromatic rings. The molecule has 104 valence electrons. The van der Waals surface area contributed by atoms with Gasteiger partial charge in [-0.1, -0.05) is 30.9 Å². The van der Waals surface area contributed by atoms with Gasteiger partial charge in [-0.2, -0.15) is 0 Å². The zero-order chi connectivity index (χ0) is 13.9. The number of hydrogen-bond acceptors (Lipinski definition) is 3. The molecule has 1 aliphatic carbocycles. The summed E-state index contributed by atoms with van der Waals surface area (Å²) in [6, 6.07) is 1.73. The smallest absolute Gasteiger partial charge is 0.226 e. The van der Waals surface area contributed by atoms with Crippen molar-refractivity contribution in [2.75, 3.05) is 5.32 Å². The van der Waals surface area contributed by atoms with Gasteiger partial charge in [-0.3, -0.25) is 4.79 Å². The highest BCUT2D eigenvalue weighted by Crippen LogP contribution is 2.29. The van der Waals surface area contributed by atoms with Crippen LogP contribution in [0, 0.1) is 0 Å². The molecule has 0 bridgehead atoms. The van der Waals surface area contributed by atoms with Crippen molar-refractivity contribution in [2.24, 2.45) is 5.73 Å². The van der Waals surface area contributed by atoms with Crippen molar-refractivity contribution in [3.05, 3.63) is 21.9 Å². The van der Waals surface area contributed by atoms with Crippen LogP contribution in [0.2, 0.25) is 5.15 Å². The summed E-state index contributed by atoms with van der Waals surface area (Å²) in [5, 5.41) is 3.19. The van der Waals surface area contributed by atoms with E-state index in [0.29, 0.717) is 21.7 Å². The van der Waals surface area contributed by atoms with Crippen LogP contribution in [0.5, 0.6) is 0 Å². The van der Waals surface area contributed by atoms with Crippen LogP contribution in [0.25, 0.3) is 0 Å². The third-order valence-corrected chi connectivity index (χ3v) is 4.58. The third kappa shape index (κ3) is 4.16. The third-order valence-electron chi connectivity index (χ3n) is 3.44. The first kappa shape index (κ1) is 14.8. The number of nitrogens with zero attached hydrogens (tertiary/aromatic N) is 1. The summed E-state index contributed by atoms with van der Waals surface area (Å²) in [5.74, 6) is -0.0691. The van der Waals surface area contributed by atoms with E-state index in [-0.39, 0.29) is 11.4 Å². The number of nitrogens with one attached hydrogen (secondary N) is 1. The molecule has 1 fully saturated rings. The van der Waals surface area contributed by atoms with E-state index in [1.54, 1.807) is 6.07 Å². The lowest BCUT2D eigenvalue weighted by atomic mass is 9.80. The Balaban J connectivity index is 1.95. The summed E-state index contributed by atoms with van der Waals surface area (Å²) in [7, 11) is 0.